The summed E-state index contributed by atoms with van der Waals surface area (Å²) < 4.78 is 3.68. The van der Waals surface area contributed by atoms with Crippen LogP contribution in [0.4, 0.5) is 0 Å². The SMILES string of the molecule is Cc1nn(C)c(C)c1C(Cc1ccn(C)n1)NN. The van der Waals surface area contributed by atoms with Gasteiger partial charge in [0.15, 0.2) is 0 Å². The third-order valence-corrected chi connectivity index (χ3v) is 3.30. The van der Waals surface area contributed by atoms with Crippen molar-refractivity contribution in [3.05, 3.63) is 34.9 Å². The van der Waals surface area contributed by atoms with E-state index in [0.717, 1.165) is 29.1 Å². The standard InChI is InChI=1S/C12H20N6/c1-8-12(9(2)18(4)15-8)11(14-13)7-10-5-6-17(3)16-10/h5-6,11,14H,7,13H2,1-4H3. The van der Waals surface area contributed by atoms with Gasteiger partial charge in [0, 0.05) is 38.0 Å². The maximum Gasteiger partial charge on any atom is 0.0644 e. The fourth-order valence-corrected chi connectivity index (χ4v) is 2.32. The van der Waals surface area contributed by atoms with Crippen LogP contribution >= 0.6 is 0 Å². The first-order valence-corrected chi connectivity index (χ1v) is 5.97. The molecule has 6 heteroatoms. The van der Waals surface area contributed by atoms with Crippen LogP contribution in [0.25, 0.3) is 0 Å². The van der Waals surface area contributed by atoms with E-state index in [1.54, 1.807) is 4.68 Å². The predicted molar refractivity (Wildman–Crippen MR) is 69.7 cm³/mol. The molecule has 0 radical (unpaired) electrons. The first-order valence-electron chi connectivity index (χ1n) is 5.97. The van der Waals surface area contributed by atoms with E-state index in [2.05, 4.69) is 22.5 Å². The van der Waals surface area contributed by atoms with Gasteiger partial charge >= 0.3 is 0 Å². The van der Waals surface area contributed by atoms with E-state index in [1.807, 2.05) is 38.0 Å². The van der Waals surface area contributed by atoms with Gasteiger partial charge < -0.3 is 0 Å². The van der Waals surface area contributed by atoms with Crippen molar-refractivity contribution in [3.63, 3.8) is 0 Å². The molecule has 98 valence electrons. The molecule has 2 rings (SSSR count). The lowest BCUT2D eigenvalue weighted by Crippen LogP contribution is -2.30. The Labute approximate surface area is 107 Å². The number of hydrogen-bond acceptors (Lipinski definition) is 4. The zero-order valence-electron chi connectivity index (χ0n) is 11.3. The maximum atomic E-state index is 5.68. The van der Waals surface area contributed by atoms with E-state index >= 15 is 0 Å². The van der Waals surface area contributed by atoms with Crippen molar-refractivity contribution in [2.45, 2.75) is 26.3 Å². The van der Waals surface area contributed by atoms with Crippen LogP contribution < -0.4 is 11.3 Å². The van der Waals surface area contributed by atoms with E-state index in [0.29, 0.717) is 0 Å². The minimum absolute atomic E-state index is 0.0357. The van der Waals surface area contributed by atoms with Gasteiger partial charge in [-0.25, -0.2) is 0 Å². The zero-order chi connectivity index (χ0) is 13.3. The fourth-order valence-electron chi connectivity index (χ4n) is 2.32. The Kier molecular flexibility index (Phi) is 3.49. The quantitative estimate of drug-likeness (QED) is 0.611. The molecular weight excluding hydrogens is 228 g/mol. The molecule has 0 amide bonds. The molecule has 3 N–H and O–H groups in total. The van der Waals surface area contributed by atoms with Crippen LogP contribution in [0.1, 0.15) is 28.7 Å². The largest absolute Gasteiger partial charge is 0.276 e. The van der Waals surface area contributed by atoms with Crippen LogP contribution in [-0.2, 0) is 20.5 Å². The Hall–Kier alpha value is -1.66. The van der Waals surface area contributed by atoms with E-state index in [9.17, 15) is 0 Å². The second-order valence-electron chi connectivity index (χ2n) is 4.61. The van der Waals surface area contributed by atoms with Crippen LogP contribution in [0.2, 0.25) is 0 Å². The fraction of sp³-hybridized carbons (Fsp3) is 0.500. The van der Waals surface area contributed by atoms with Crippen molar-refractivity contribution in [2.24, 2.45) is 19.9 Å². The molecule has 1 atom stereocenters. The molecule has 0 bridgehead atoms. The van der Waals surface area contributed by atoms with Crippen molar-refractivity contribution >= 4 is 0 Å². The van der Waals surface area contributed by atoms with Gasteiger partial charge in [0.1, 0.15) is 0 Å². The van der Waals surface area contributed by atoms with Crippen molar-refractivity contribution in [3.8, 4) is 0 Å². The lowest BCUT2D eigenvalue weighted by Gasteiger charge is -2.15. The number of aryl methyl sites for hydroxylation is 3. The molecule has 2 heterocycles. The summed E-state index contributed by atoms with van der Waals surface area (Å²) in [5.41, 5.74) is 7.18. The zero-order valence-corrected chi connectivity index (χ0v) is 11.3. The topological polar surface area (TPSA) is 73.7 Å². The molecule has 0 aliphatic heterocycles. The van der Waals surface area contributed by atoms with Crippen LogP contribution in [0.5, 0.6) is 0 Å². The molecule has 0 saturated heterocycles. The highest BCUT2D eigenvalue weighted by atomic mass is 15.3. The monoisotopic (exact) mass is 248 g/mol. The molecule has 18 heavy (non-hydrogen) atoms. The highest BCUT2D eigenvalue weighted by Crippen LogP contribution is 2.23. The summed E-state index contributed by atoms with van der Waals surface area (Å²) in [7, 11) is 3.86. The Morgan fingerprint density at radius 3 is 2.50 bits per heavy atom. The molecule has 2 aromatic rings. The summed E-state index contributed by atoms with van der Waals surface area (Å²) in [6, 6.07) is 2.04. The predicted octanol–water partition coefficient (Wildman–Crippen LogP) is 0.518. The summed E-state index contributed by atoms with van der Waals surface area (Å²) in [6.07, 6.45) is 2.69. The molecule has 0 aliphatic carbocycles. The van der Waals surface area contributed by atoms with E-state index in [4.69, 9.17) is 5.84 Å². The average molecular weight is 248 g/mol. The average Bonchev–Trinajstić information content (AvgIpc) is 2.82. The molecular formula is C12H20N6. The van der Waals surface area contributed by atoms with Crippen molar-refractivity contribution in [1.82, 2.24) is 25.0 Å². The third kappa shape index (κ3) is 2.30. The highest BCUT2D eigenvalue weighted by molar-refractivity contribution is 5.29. The number of nitrogens with one attached hydrogen (secondary N) is 1. The molecule has 0 aromatic carbocycles. The van der Waals surface area contributed by atoms with E-state index in [1.165, 1.54) is 0 Å². The summed E-state index contributed by atoms with van der Waals surface area (Å²) in [5, 5.41) is 8.81. The van der Waals surface area contributed by atoms with Crippen LogP contribution in [-0.4, -0.2) is 19.6 Å². The van der Waals surface area contributed by atoms with Crippen LogP contribution in [0, 0.1) is 13.8 Å². The van der Waals surface area contributed by atoms with Gasteiger partial charge in [-0.2, -0.15) is 10.2 Å². The minimum Gasteiger partial charge on any atom is -0.276 e. The lowest BCUT2D eigenvalue weighted by molar-refractivity contribution is 0.536. The van der Waals surface area contributed by atoms with Crippen LogP contribution in [0.3, 0.4) is 0 Å². The molecule has 0 saturated carbocycles. The minimum atomic E-state index is 0.0357. The Bertz CT molecular complexity index is 539. The number of nitrogens with zero attached hydrogens (tertiary/aromatic N) is 4. The molecule has 0 aliphatic rings. The van der Waals surface area contributed by atoms with Gasteiger partial charge in [-0.15, -0.1) is 0 Å². The maximum absolute atomic E-state index is 5.68. The Morgan fingerprint density at radius 1 is 1.33 bits per heavy atom. The normalized spacial score (nSPS) is 12.9. The molecule has 1 unspecified atom stereocenters. The van der Waals surface area contributed by atoms with E-state index in [-0.39, 0.29) is 6.04 Å². The number of rotatable bonds is 4. The Morgan fingerprint density at radius 2 is 2.06 bits per heavy atom. The van der Waals surface area contributed by atoms with E-state index < -0.39 is 0 Å². The third-order valence-electron chi connectivity index (χ3n) is 3.30. The molecule has 0 fully saturated rings. The molecule has 2 aromatic heterocycles. The summed E-state index contributed by atoms with van der Waals surface area (Å²) in [5.74, 6) is 5.68. The smallest absolute Gasteiger partial charge is 0.0644 e. The Balaban J connectivity index is 2.28. The molecule has 6 nitrogen and oxygen atoms in total. The summed E-state index contributed by atoms with van der Waals surface area (Å²) >= 11 is 0. The summed E-state index contributed by atoms with van der Waals surface area (Å²) in [6.45, 7) is 4.06. The van der Waals surface area contributed by atoms with Gasteiger partial charge in [0.05, 0.1) is 17.4 Å². The van der Waals surface area contributed by atoms with Gasteiger partial charge in [0.25, 0.3) is 0 Å². The first-order chi connectivity index (χ1) is 8.52. The lowest BCUT2D eigenvalue weighted by atomic mass is 10.0. The van der Waals surface area contributed by atoms with Gasteiger partial charge in [0.2, 0.25) is 0 Å². The number of nitrogens with two attached hydrogens (primary N) is 1. The second kappa shape index (κ2) is 4.91. The molecule has 0 spiro atoms. The van der Waals surface area contributed by atoms with Crippen molar-refractivity contribution in [1.29, 1.82) is 0 Å². The second-order valence-corrected chi connectivity index (χ2v) is 4.61. The van der Waals surface area contributed by atoms with Crippen LogP contribution in [0.15, 0.2) is 12.3 Å². The van der Waals surface area contributed by atoms with Crippen molar-refractivity contribution in [2.75, 3.05) is 0 Å². The number of aromatic nitrogens is 4. The number of hydrogen-bond donors (Lipinski definition) is 2. The van der Waals surface area contributed by atoms with Gasteiger partial charge in [-0.05, 0) is 19.9 Å². The van der Waals surface area contributed by atoms with Gasteiger partial charge in [-0.1, -0.05) is 0 Å². The first kappa shape index (κ1) is 12.8. The number of hydrazine groups is 1. The van der Waals surface area contributed by atoms with Crippen molar-refractivity contribution < 1.29 is 0 Å². The summed E-state index contributed by atoms with van der Waals surface area (Å²) in [4.78, 5) is 0. The highest BCUT2D eigenvalue weighted by Gasteiger charge is 2.20. The van der Waals surface area contributed by atoms with Gasteiger partial charge in [-0.3, -0.25) is 20.6 Å².